The van der Waals surface area contributed by atoms with Crippen LogP contribution in [0, 0.1) is 5.82 Å². The van der Waals surface area contributed by atoms with Gasteiger partial charge in [0.15, 0.2) is 0 Å². The predicted octanol–water partition coefficient (Wildman–Crippen LogP) is 4.46. The minimum Gasteiger partial charge on any atom is -0.326 e. The Morgan fingerprint density at radius 1 is 0.923 bits per heavy atom. The molecule has 0 saturated carbocycles. The maximum Gasteiger partial charge on any atom is 0.471 e. The minimum absolute atomic E-state index is 0.0455. The van der Waals surface area contributed by atoms with Gasteiger partial charge in [0.2, 0.25) is 5.91 Å². The van der Waals surface area contributed by atoms with E-state index in [9.17, 15) is 27.2 Å². The first-order chi connectivity index (χ1) is 12.2. The zero-order valence-corrected chi connectivity index (χ0v) is 13.7. The van der Waals surface area contributed by atoms with E-state index in [-0.39, 0.29) is 11.6 Å². The number of benzene rings is 2. The molecule has 26 heavy (non-hydrogen) atoms. The Labute approximate surface area is 147 Å². The zero-order valence-electron chi connectivity index (χ0n) is 13.7. The van der Waals surface area contributed by atoms with Gasteiger partial charge in [0, 0.05) is 11.4 Å². The second-order valence-electron chi connectivity index (χ2n) is 5.53. The summed E-state index contributed by atoms with van der Waals surface area (Å²) < 4.78 is 49.6. The Morgan fingerprint density at radius 2 is 1.42 bits per heavy atom. The predicted molar refractivity (Wildman–Crippen MR) is 89.2 cm³/mol. The van der Waals surface area contributed by atoms with Crippen LogP contribution in [0.15, 0.2) is 48.5 Å². The molecular weight excluding hydrogens is 352 g/mol. The topological polar surface area (TPSA) is 58.2 Å². The molecule has 2 aromatic carbocycles. The number of carbonyl (C=O) groups excluding carboxylic acids is 2. The second kappa shape index (κ2) is 7.99. The van der Waals surface area contributed by atoms with E-state index in [1.54, 1.807) is 5.32 Å². The Morgan fingerprint density at radius 3 is 1.88 bits per heavy atom. The average Bonchev–Trinajstić information content (AvgIpc) is 2.58. The van der Waals surface area contributed by atoms with E-state index in [0.717, 1.165) is 0 Å². The lowest BCUT2D eigenvalue weighted by atomic mass is 9.95. The lowest BCUT2D eigenvalue weighted by molar-refractivity contribution is -0.167. The quantitative estimate of drug-likeness (QED) is 0.766. The van der Waals surface area contributed by atoms with Crippen LogP contribution in [-0.4, -0.2) is 18.0 Å². The number of rotatable bonds is 5. The number of hydrogen-bond acceptors (Lipinski definition) is 2. The molecule has 2 amide bonds. The first kappa shape index (κ1) is 19.4. The first-order valence-electron chi connectivity index (χ1n) is 7.75. The molecule has 0 fully saturated rings. The summed E-state index contributed by atoms with van der Waals surface area (Å²) in [5, 5.41) is 4.36. The molecule has 2 N–H and O–H groups in total. The monoisotopic (exact) mass is 368 g/mol. The summed E-state index contributed by atoms with van der Waals surface area (Å²) in [5.74, 6) is -3.30. The number of halogens is 4. The third kappa shape index (κ3) is 5.05. The number of amides is 2. The fourth-order valence-corrected chi connectivity index (χ4v) is 2.34. The molecule has 0 radical (unpaired) electrons. The molecule has 1 unspecified atom stereocenters. The molecule has 0 aromatic heterocycles. The molecule has 0 spiro atoms. The molecule has 0 aliphatic carbocycles. The molecule has 0 aliphatic rings. The first-order valence-corrected chi connectivity index (χ1v) is 7.75. The highest BCUT2D eigenvalue weighted by Crippen LogP contribution is 2.23. The van der Waals surface area contributed by atoms with Gasteiger partial charge in [0.05, 0.1) is 5.92 Å². The molecule has 4 nitrogen and oxygen atoms in total. The van der Waals surface area contributed by atoms with E-state index in [1.807, 2.05) is 6.92 Å². The van der Waals surface area contributed by atoms with Crippen LogP contribution >= 0.6 is 0 Å². The average molecular weight is 368 g/mol. The molecule has 0 heterocycles. The minimum atomic E-state index is -4.98. The Kier molecular flexibility index (Phi) is 5.97. The number of alkyl halides is 3. The van der Waals surface area contributed by atoms with Crippen LogP contribution in [0.5, 0.6) is 0 Å². The maximum absolute atomic E-state index is 13.0. The number of anilines is 2. The highest BCUT2D eigenvalue weighted by molar-refractivity contribution is 5.97. The summed E-state index contributed by atoms with van der Waals surface area (Å²) in [4.78, 5) is 23.3. The van der Waals surface area contributed by atoms with Gasteiger partial charge in [-0.15, -0.1) is 0 Å². The van der Waals surface area contributed by atoms with E-state index in [1.165, 1.54) is 48.5 Å². The van der Waals surface area contributed by atoms with Gasteiger partial charge in [-0.05, 0) is 48.4 Å². The van der Waals surface area contributed by atoms with Crippen molar-refractivity contribution in [3.8, 4) is 0 Å². The van der Waals surface area contributed by atoms with Gasteiger partial charge < -0.3 is 10.6 Å². The lowest BCUT2D eigenvalue weighted by Gasteiger charge is -2.16. The largest absolute Gasteiger partial charge is 0.471 e. The summed E-state index contributed by atoms with van der Waals surface area (Å²) in [6.45, 7) is 1.81. The molecule has 138 valence electrons. The normalized spacial score (nSPS) is 12.3. The summed E-state index contributed by atoms with van der Waals surface area (Å²) >= 11 is 0. The highest BCUT2D eigenvalue weighted by atomic mass is 19.4. The number of hydrogen-bond donors (Lipinski definition) is 2. The van der Waals surface area contributed by atoms with Crippen molar-refractivity contribution < 1.29 is 27.2 Å². The molecule has 0 aliphatic heterocycles. The summed E-state index contributed by atoms with van der Waals surface area (Å²) in [6.07, 6.45) is -4.49. The van der Waals surface area contributed by atoms with Crippen molar-refractivity contribution in [1.29, 1.82) is 0 Å². The van der Waals surface area contributed by atoms with Gasteiger partial charge >= 0.3 is 12.1 Å². The fourth-order valence-electron chi connectivity index (χ4n) is 2.34. The van der Waals surface area contributed by atoms with Gasteiger partial charge in [-0.1, -0.05) is 19.1 Å². The van der Waals surface area contributed by atoms with Crippen molar-refractivity contribution >= 4 is 23.2 Å². The second-order valence-corrected chi connectivity index (χ2v) is 5.53. The molecule has 2 rings (SSSR count). The molecule has 8 heteroatoms. The lowest BCUT2D eigenvalue weighted by Crippen LogP contribution is -2.29. The van der Waals surface area contributed by atoms with Crippen LogP contribution in [0.4, 0.5) is 28.9 Å². The molecule has 0 bridgehead atoms. The van der Waals surface area contributed by atoms with Gasteiger partial charge in [0.25, 0.3) is 0 Å². The Hall–Kier alpha value is -2.90. The zero-order chi connectivity index (χ0) is 19.3. The van der Waals surface area contributed by atoms with Crippen LogP contribution in [-0.2, 0) is 9.59 Å². The van der Waals surface area contributed by atoms with E-state index >= 15 is 0 Å². The molecule has 2 aromatic rings. The van der Waals surface area contributed by atoms with Gasteiger partial charge in [0.1, 0.15) is 5.82 Å². The van der Waals surface area contributed by atoms with Crippen LogP contribution in [0.3, 0.4) is 0 Å². The van der Waals surface area contributed by atoms with Crippen molar-refractivity contribution in [2.45, 2.75) is 25.4 Å². The standard InChI is InChI=1S/C18H16F4N2O2/c1-2-15(11-3-5-12(19)6-4-11)16(25)23-13-7-9-14(10-8-13)24-17(26)18(20,21)22/h3-10,15H,2H2,1H3,(H,23,25)(H,24,26). The third-order valence-corrected chi connectivity index (χ3v) is 3.66. The van der Waals surface area contributed by atoms with Crippen molar-refractivity contribution in [1.82, 2.24) is 0 Å². The number of nitrogens with one attached hydrogen (secondary N) is 2. The summed E-state index contributed by atoms with van der Waals surface area (Å²) in [5.41, 5.74) is 0.969. The van der Waals surface area contributed by atoms with E-state index < -0.39 is 23.8 Å². The third-order valence-electron chi connectivity index (χ3n) is 3.66. The van der Waals surface area contributed by atoms with Crippen LogP contribution in [0.2, 0.25) is 0 Å². The molecular formula is C18H16F4N2O2. The van der Waals surface area contributed by atoms with Crippen LogP contribution < -0.4 is 10.6 Å². The van der Waals surface area contributed by atoms with Crippen molar-refractivity contribution in [3.05, 3.63) is 59.9 Å². The molecule has 0 saturated heterocycles. The SMILES string of the molecule is CCC(C(=O)Nc1ccc(NC(=O)C(F)(F)F)cc1)c1ccc(F)cc1. The number of carbonyl (C=O) groups is 2. The maximum atomic E-state index is 13.0. The van der Waals surface area contributed by atoms with Crippen molar-refractivity contribution in [2.24, 2.45) is 0 Å². The van der Waals surface area contributed by atoms with E-state index in [0.29, 0.717) is 17.7 Å². The smallest absolute Gasteiger partial charge is 0.326 e. The highest BCUT2D eigenvalue weighted by Gasteiger charge is 2.38. The van der Waals surface area contributed by atoms with Gasteiger partial charge in [-0.3, -0.25) is 9.59 Å². The van der Waals surface area contributed by atoms with E-state index in [4.69, 9.17) is 0 Å². The molecule has 1 atom stereocenters. The van der Waals surface area contributed by atoms with Crippen molar-refractivity contribution in [3.63, 3.8) is 0 Å². The Bertz CT molecular complexity index is 771. The van der Waals surface area contributed by atoms with Crippen LogP contribution in [0.25, 0.3) is 0 Å². The Balaban J connectivity index is 2.04. The summed E-state index contributed by atoms with van der Waals surface area (Å²) in [7, 11) is 0. The fraction of sp³-hybridized carbons (Fsp3) is 0.222. The van der Waals surface area contributed by atoms with Crippen LogP contribution in [0.1, 0.15) is 24.8 Å². The van der Waals surface area contributed by atoms with E-state index in [2.05, 4.69) is 5.32 Å². The van der Waals surface area contributed by atoms with Gasteiger partial charge in [-0.2, -0.15) is 13.2 Å². The van der Waals surface area contributed by atoms with Gasteiger partial charge in [-0.25, -0.2) is 4.39 Å². The van der Waals surface area contributed by atoms with Crippen molar-refractivity contribution in [2.75, 3.05) is 10.6 Å². The summed E-state index contributed by atoms with van der Waals surface area (Å²) in [6, 6.07) is 10.8.